The Morgan fingerprint density at radius 2 is 0.920 bits per heavy atom. The molecule has 0 atom stereocenters. The summed E-state index contributed by atoms with van der Waals surface area (Å²) in [4.78, 5) is 2.40. The highest BCUT2D eigenvalue weighted by atomic mass is 32.1. The third kappa shape index (κ3) is 4.19. The van der Waals surface area contributed by atoms with E-state index >= 15 is 0 Å². The predicted octanol–water partition coefficient (Wildman–Crippen LogP) is 14.6. The minimum atomic E-state index is 0.913. The third-order valence-corrected chi connectivity index (χ3v) is 12.3. The normalized spacial score (nSPS) is 12.0. The molecule has 0 N–H and O–H groups in total. The van der Waals surface area contributed by atoms with E-state index in [0.717, 1.165) is 50.0 Å². The van der Waals surface area contributed by atoms with Gasteiger partial charge in [-0.3, -0.25) is 0 Å². The molecule has 0 aliphatic carbocycles. The van der Waals surface area contributed by atoms with Crippen LogP contribution in [0.25, 0.3) is 84.2 Å². The number of furan rings is 1. The third-order valence-electron chi connectivity index (χ3n) is 10.0. The highest BCUT2D eigenvalue weighted by Gasteiger charge is 2.19. The van der Waals surface area contributed by atoms with Gasteiger partial charge < -0.3 is 9.32 Å². The van der Waals surface area contributed by atoms with Gasteiger partial charge in [0.15, 0.2) is 0 Å². The average molecular weight is 674 g/mol. The highest BCUT2D eigenvalue weighted by molar-refractivity contribution is 7.26. The summed E-state index contributed by atoms with van der Waals surface area (Å²) < 4.78 is 11.7. The van der Waals surface area contributed by atoms with E-state index in [1.165, 1.54) is 51.3 Å². The number of thiophene rings is 2. The van der Waals surface area contributed by atoms with E-state index in [0.29, 0.717) is 0 Å². The zero-order chi connectivity index (χ0) is 32.8. The summed E-state index contributed by atoms with van der Waals surface area (Å²) in [5.41, 5.74) is 7.60. The molecule has 11 aromatic rings. The van der Waals surface area contributed by atoms with Crippen molar-refractivity contribution in [3.05, 3.63) is 164 Å². The maximum atomic E-state index is 6.51. The van der Waals surface area contributed by atoms with Crippen LogP contribution in [0.5, 0.6) is 0 Å². The zero-order valence-electron chi connectivity index (χ0n) is 26.8. The second-order valence-electron chi connectivity index (χ2n) is 12.9. The lowest BCUT2D eigenvalue weighted by Crippen LogP contribution is -2.09. The Labute approximate surface area is 295 Å². The van der Waals surface area contributed by atoms with Crippen LogP contribution in [-0.2, 0) is 0 Å². The largest absolute Gasteiger partial charge is 0.455 e. The van der Waals surface area contributed by atoms with Crippen molar-refractivity contribution in [2.75, 3.05) is 4.90 Å². The molecular formula is C46H27NOS2. The van der Waals surface area contributed by atoms with E-state index in [9.17, 15) is 0 Å². The molecule has 3 aromatic heterocycles. The zero-order valence-corrected chi connectivity index (χ0v) is 28.4. The maximum absolute atomic E-state index is 6.51. The van der Waals surface area contributed by atoms with Gasteiger partial charge in [0.25, 0.3) is 0 Å². The summed E-state index contributed by atoms with van der Waals surface area (Å²) in [5, 5.41) is 9.85. The lowest BCUT2D eigenvalue weighted by atomic mass is 9.95. The van der Waals surface area contributed by atoms with Gasteiger partial charge in [0.1, 0.15) is 11.2 Å². The van der Waals surface area contributed by atoms with Crippen LogP contribution < -0.4 is 4.90 Å². The Morgan fingerprint density at radius 1 is 0.400 bits per heavy atom. The van der Waals surface area contributed by atoms with Gasteiger partial charge in [-0.05, 0) is 77.2 Å². The van der Waals surface area contributed by atoms with Gasteiger partial charge in [-0.2, -0.15) is 0 Å². The number of para-hydroxylation sites is 1. The van der Waals surface area contributed by atoms with Crippen molar-refractivity contribution in [2.24, 2.45) is 0 Å². The Morgan fingerprint density at radius 3 is 1.58 bits per heavy atom. The first kappa shape index (κ1) is 28.0. The Kier molecular flexibility index (Phi) is 6.03. The van der Waals surface area contributed by atoms with Crippen LogP contribution in [0.4, 0.5) is 17.1 Å². The molecule has 50 heavy (non-hydrogen) atoms. The summed E-state index contributed by atoms with van der Waals surface area (Å²) >= 11 is 3.72. The first-order chi connectivity index (χ1) is 24.8. The van der Waals surface area contributed by atoms with Crippen LogP contribution in [-0.4, -0.2) is 0 Å². The number of hydrogen-bond acceptors (Lipinski definition) is 4. The van der Waals surface area contributed by atoms with Gasteiger partial charge >= 0.3 is 0 Å². The van der Waals surface area contributed by atoms with Crippen molar-refractivity contribution in [3.8, 4) is 11.1 Å². The molecule has 0 fully saturated rings. The lowest BCUT2D eigenvalue weighted by Gasteiger charge is -2.26. The molecule has 0 aliphatic rings. The monoisotopic (exact) mass is 673 g/mol. The van der Waals surface area contributed by atoms with Crippen molar-refractivity contribution in [1.82, 2.24) is 0 Å². The highest BCUT2D eigenvalue weighted by Crippen LogP contribution is 2.45. The SMILES string of the molecule is c1ccc2c(c1)cc(-c1ccc(N(c3ccc4c(c3)sc3ccccc34)c3ccc4c(c3)sc3ccccc34)cc1)c1c3ccccc3oc21. The summed E-state index contributed by atoms with van der Waals surface area (Å²) in [6, 6.07) is 59.5. The van der Waals surface area contributed by atoms with Crippen LogP contribution in [0, 0.1) is 0 Å². The molecule has 0 aliphatic heterocycles. The minimum absolute atomic E-state index is 0.913. The van der Waals surface area contributed by atoms with Crippen molar-refractivity contribution in [1.29, 1.82) is 0 Å². The number of rotatable bonds is 4. The Bertz CT molecular complexity index is 2990. The molecule has 0 bridgehead atoms. The van der Waals surface area contributed by atoms with Gasteiger partial charge in [-0.1, -0.05) is 103 Å². The van der Waals surface area contributed by atoms with Gasteiger partial charge in [0, 0.05) is 73.6 Å². The van der Waals surface area contributed by atoms with Crippen molar-refractivity contribution in [2.45, 2.75) is 0 Å². The van der Waals surface area contributed by atoms with E-state index in [-0.39, 0.29) is 0 Å². The van der Waals surface area contributed by atoms with Gasteiger partial charge in [-0.25, -0.2) is 0 Å². The van der Waals surface area contributed by atoms with Crippen LogP contribution >= 0.6 is 22.7 Å². The first-order valence-corrected chi connectivity index (χ1v) is 18.5. The second-order valence-corrected chi connectivity index (χ2v) is 15.1. The summed E-state index contributed by atoms with van der Waals surface area (Å²) in [5.74, 6) is 0. The fraction of sp³-hybridized carbons (Fsp3) is 0. The van der Waals surface area contributed by atoms with Gasteiger partial charge in [0.05, 0.1) is 0 Å². The van der Waals surface area contributed by atoms with E-state index in [4.69, 9.17) is 4.42 Å². The van der Waals surface area contributed by atoms with E-state index < -0.39 is 0 Å². The molecule has 8 aromatic carbocycles. The van der Waals surface area contributed by atoms with Crippen LogP contribution in [0.2, 0.25) is 0 Å². The average Bonchev–Trinajstić information content (AvgIpc) is 3.86. The summed E-state index contributed by atoms with van der Waals surface area (Å²) in [6.07, 6.45) is 0. The molecule has 2 nitrogen and oxygen atoms in total. The van der Waals surface area contributed by atoms with Crippen LogP contribution in [0.1, 0.15) is 0 Å². The molecule has 0 saturated carbocycles. The predicted molar refractivity (Wildman–Crippen MR) is 217 cm³/mol. The maximum Gasteiger partial charge on any atom is 0.143 e. The van der Waals surface area contributed by atoms with E-state index in [1.54, 1.807) is 0 Å². The molecular weight excluding hydrogens is 647 g/mol. The van der Waals surface area contributed by atoms with Gasteiger partial charge in [-0.15, -0.1) is 22.7 Å². The number of nitrogens with zero attached hydrogens (tertiary/aromatic N) is 1. The Hall–Kier alpha value is -5.94. The molecule has 3 heterocycles. The van der Waals surface area contributed by atoms with Crippen molar-refractivity contribution in [3.63, 3.8) is 0 Å². The second kappa shape index (κ2) is 10.8. The molecule has 0 amide bonds. The summed E-state index contributed by atoms with van der Waals surface area (Å²) in [7, 11) is 0. The molecule has 0 radical (unpaired) electrons. The van der Waals surface area contributed by atoms with Crippen LogP contribution in [0.3, 0.4) is 0 Å². The lowest BCUT2D eigenvalue weighted by molar-refractivity contribution is 0.673. The van der Waals surface area contributed by atoms with Crippen LogP contribution in [0.15, 0.2) is 168 Å². The molecule has 234 valence electrons. The molecule has 0 unspecified atom stereocenters. The quantitative estimate of drug-likeness (QED) is 0.185. The standard InChI is InChI=1S/C46H27NOS2/c1-2-10-33-29(9-1)25-39(45-38-13-3-6-14-40(38)48-46(33)45)28-17-19-30(20-18-28)47(31-21-23-36-34-11-4-7-15-41(34)49-43(36)26-31)32-22-24-37-35-12-5-8-16-42(35)50-44(37)27-32/h1-27H. The van der Waals surface area contributed by atoms with Crippen molar-refractivity contribution >= 4 is 113 Å². The molecule has 0 saturated heterocycles. The number of hydrogen-bond donors (Lipinski definition) is 0. The fourth-order valence-electron chi connectivity index (χ4n) is 7.73. The molecule has 0 spiro atoms. The van der Waals surface area contributed by atoms with E-state index in [1.807, 2.05) is 28.7 Å². The molecule has 4 heteroatoms. The van der Waals surface area contributed by atoms with Crippen molar-refractivity contribution < 1.29 is 4.42 Å². The fourth-order valence-corrected chi connectivity index (χ4v) is 10.0. The van der Waals surface area contributed by atoms with E-state index in [2.05, 4.69) is 163 Å². The number of anilines is 3. The number of benzene rings is 8. The topological polar surface area (TPSA) is 16.4 Å². The number of fused-ring (bicyclic) bond motifs is 11. The first-order valence-electron chi connectivity index (χ1n) is 16.8. The smallest absolute Gasteiger partial charge is 0.143 e. The molecule has 11 rings (SSSR count). The Balaban J connectivity index is 1.10. The summed E-state index contributed by atoms with van der Waals surface area (Å²) in [6.45, 7) is 0. The minimum Gasteiger partial charge on any atom is -0.455 e. The van der Waals surface area contributed by atoms with Gasteiger partial charge in [0.2, 0.25) is 0 Å².